The summed E-state index contributed by atoms with van der Waals surface area (Å²) in [7, 11) is 0. The molecule has 0 saturated carbocycles. The number of esters is 1. The molecule has 3 aliphatic rings. The molecule has 0 bridgehead atoms. The van der Waals surface area contributed by atoms with Crippen LogP contribution in [0.25, 0.3) is 0 Å². The highest BCUT2D eigenvalue weighted by Gasteiger charge is 2.56. The summed E-state index contributed by atoms with van der Waals surface area (Å²) < 4.78 is 5.88. The number of rotatable bonds is 8. The summed E-state index contributed by atoms with van der Waals surface area (Å²) in [5.41, 5.74) is 2.65. The van der Waals surface area contributed by atoms with E-state index in [2.05, 4.69) is 39.0 Å². The number of amides is 1. The largest absolute Gasteiger partial charge is 0.458 e. The zero-order valence-corrected chi connectivity index (χ0v) is 26.1. The maximum atomic E-state index is 14.6. The number of hydrogen-bond acceptors (Lipinski definition) is 7. The maximum absolute atomic E-state index is 14.6. The second kappa shape index (κ2) is 12.3. The van der Waals surface area contributed by atoms with Crippen LogP contribution in [0, 0.1) is 0 Å². The molecule has 1 amide bonds. The molecule has 232 valence electrons. The second-order valence-electron chi connectivity index (χ2n) is 13.3. The van der Waals surface area contributed by atoms with Crippen LogP contribution in [-0.2, 0) is 20.7 Å². The predicted molar refractivity (Wildman–Crippen MR) is 172 cm³/mol. The number of likely N-dealkylation sites (tertiary alicyclic amines) is 1. The van der Waals surface area contributed by atoms with Gasteiger partial charge < -0.3 is 29.4 Å². The van der Waals surface area contributed by atoms with E-state index in [4.69, 9.17) is 4.74 Å². The zero-order valence-electron chi connectivity index (χ0n) is 26.1. The Morgan fingerprint density at radius 3 is 2.25 bits per heavy atom. The molecule has 3 aromatic rings. The van der Waals surface area contributed by atoms with Gasteiger partial charge in [-0.15, -0.1) is 0 Å². The Balaban J connectivity index is 1.20. The van der Waals surface area contributed by atoms with E-state index in [1.54, 1.807) is 4.90 Å². The third kappa shape index (κ3) is 5.93. The normalized spacial score (nSPS) is 20.7. The second-order valence-corrected chi connectivity index (χ2v) is 13.3. The van der Waals surface area contributed by atoms with Crippen LogP contribution in [-0.4, -0.2) is 77.0 Å². The van der Waals surface area contributed by atoms with Gasteiger partial charge in [-0.05, 0) is 75.9 Å². The summed E-state index contributed by atoms with van der Waals surface area (Å²) >= 11 is 0. The number of aliphatic hydroxyl groups excluding tert-OH is 1. The minimum Gasteiger partial charge on any atom is -0.458 e. The van der Waals surface area contributed by atoms with Crippen LogP contribution in [0.3, 0.4) is 0 Å². The van der Waals surface area contributed by atoms with Gasteiger partial charge in [0, 0.05) is 37.4 Å². The molecule has 2 atom stereocenters. The van der Waals surface area contributed by atoms with Crippen LogP contribution in [0.1, 0.15) is 57.2 Å². The van der Waals surface area contributed by atoms with Gasteiger partial charge in [0.1, 0.15) is 17.4 Å². The SMILES string of the molecule is CC(C)(C)OC(=O)[C@@H](c1ccccc1)N1CN(c2ccccc2)C2(CCN(CCCN3c4ccccc4C[C@H]3O)CC2)C1=O. The van der Waals surface area contributed by atoms with Crippen molar-refractivity contribution in [3.8, 4) is 0 Å². The van der Waals surface area contributed by atoms with E-state index in [0.717, 1.165) is 49.5 Å². The van der Waals surface area contributed by atoms with Crippen molar-refractivity contribution in [1.29, 1.82) is 0 Å². The number of fused-ring (bicyclic) bond motifs is 1. The van der Waals surface area contributed by atoms with E-state index in [-0.39, 0.29) is 5.91 Å². The van der Waals surface area contributed by atoms with E-state index in [0.29, 0.717) is 25.9 Å². The van der Waals surface area contributed by atoms with Gasteiger partial charge >= 0.3 is 5.97 Å². The minimum atomic E-state index is -0.832. The number of piperidine rings is 1. The Morgan fingerprint density at radius 1 is 0.932 bits per heavy atom. The van der Waals surface area contributed by atoms with Gasteiger partial charge in [0.25, 0.3) is 5.91 Å². The Bertz CT molecular complexity index is 1450. The molecule has 3 aromatic carbocycles. The first-order chi connectivity index (χ1) is 21.2. The molecule has 1 N–H and O–H groups in total. The van der Waals surface area contributed by atoms with E-state index >= 15 is 0 Å². The Kier molecular flexibility index (Phi) is 8.40. The Labute approximate surface area is 260 Å². The summed E-state index contributed by atoms with van der Waals surface area (Å²) in [4.78, 5) is 36.8. The van der Waals surface area contributed by atoms with Crippen LogP contribution in [0.2, 0.25) is 0 Å². The molecule has 0 radical (unpaired) electrons. The third-order valence-corrected chi connectivity index (χ3v) is 9.21. The molecule has 3 heterocycles. The molecular weight excluding hydrogens is 552 g/mol. The van der Waals surface area contributed by atoms with Crippen molar-refractivity contribution in [2.75, 3.05) is 42.6 Å². The number of ether oxygens (including phenoxy) is 1. The molecule has 1 spiro atoms. The standard InChI is InChI=1S/C36H44N4O4/c1-35(2,3)44-33(42)32(27-13-6-4-7-14-27)39-26-40(29-16-8-5-9-17-29)36(34(39)43)19-23-37(24-20-36)21-12-22-38-30-18-11-10-15-28(30)25-31(38)41/h4-11,13-18,31-32,41H,12,19-26H2,1-3H3/t31-,32-/m1/s1. The highest BCUT2D eigenvalue weighted by Crippen LogP contribution is 2.43. The monoisotopic (exact) mass is 596 g/mol. The summed E-state index contributed by atoms with van der Waals surface area (Å²) in [5.74, 6) is -0.428. The highest BCUT2D eigenvalue weighted by molar-refractivity contribution is 5.97. The molecule has 8 heteroatoms. The van der Waals surface area contributed by atoms with E-state index < -0.39 is 29.4 Å². The zero-order chi connectivity index (χ0) is 30.9. The van der Waals surface area contributed by atoms with E-state index in [9.17, 15) is 14.7 Å². The smallest absolute Gasteiger partial charge is 0.334 e. The van der Waals surface area contributed by atoms with Gasteiger partial charge in [-0.25, -0.2) is 4.79 Å². The van der Waals surface area contributed by atoms with Crippen LogP contribution >= 0.6 is 0 Å². The van der Waals surface area contributed by atoms with Gasteiger partial charge in [0.05, 0.1) is 6.67 Å². The summed E-state index contributed by atoms with van der Waals surface area (Å²) in [5, 5.41) is 10.6. The van der Waals surface area contributed by atoms with Gasteiger partial charge in [-0.3, -0.25) is 4.79 Å². The van der Waals surface area contributed by atoms with Crippen molar-refractivity contribution in [1.82, 2.24) is 9.80 Å². The average Bonchev–Trinajstić information content (AvgIpc) is 3.47. The molecule has 2 saturated heterocycles. The van der Waals surface area contributed by atoms with Crippen molar-refractivity contribution < 1.29 is 19.4 Å². The predicted octanol–water partition coefficient (Wildman–Crippen LogP) is 4.98. The van der Waals surface area contributed by atoms with Crippen LogP contribution in [0.15, 0.2) is 84.9 Å². The quantitative estimate of drug-likeness (QED) is 0.368. The minimum absolute atomic E-state index is 0.0162. The first kappa shape index (κ1) is 30.2. The number of anilines is 2. The summed E-state index contributed by atoms with van der Waals surface area (Å²) in [6.07, 6.45) is 2.46. The topological polar surface area (TPSA) is 76.6 Å². The van der Waals surface area contributed by atoms with Crippen molar-refractivity contribution in [3.05, 3.63) is 96.1 Å². The van der Waals surface area contributed by atoms with Crippen molar-refractivity contribution in [2.45, 2.75) is 69.9 Å². The lowest BCUT2D eigenvalue weighted by Gasteiger charge is -2.43. The maximum Gasteiger partial charge on any atom is 0.334 e. The molecule has 2 fully saturated rings. The first-order valence-electron chi connectivity index (χ1n) is 15.8. The highest BCUT2D eigenvalue weighted by atomic mass is 16.6. The third-order valence-electron chi connectivity index (χ3n) is 9.21. The number of nitrogens with zero attached hydrogens (tertiary/aromatic N) is 4. The molecular formula is C36H44N4O4. The van der Waals surface area contributed by atoms with E-state index in [1.807, 2.05) is 81.4 Å². The number of aliphatic hydroxyl groups is 1. The Morgan fingerprint density at radius 2 is 1.57 bits per heavy atom. The summed E-state index contributed by atoms with van der Waals surface area (Å²) in [6, 6.07) is 27.0. The summed E-state index contributed by atoms with van der Waals surface area (Å²) in [6.45, 7) is 9.13. The fraction of sp³-hybridized carbons (Fsp3) is 0.444. The number of carbonyl (C=O) groups is 2. The van der Waals surface area contributed by atoms with Gasteiger partial charge in [0.2, 0.25) is 0 Å². The molecule has 3 aliphatic heterocycles. The number of para-hydroxylation sites is 2. The molecule has 6 rings (SSSR count). The van der Waals surface area contributed by atoms with Crippen LogP contribution in [0.5, 0.6) is 0 Å². The van der Waals surface area contributed by atoms with Crippen molar-refractivity contribution >= 4 is 23.3 Å². The lowest BCUT2D eigenvalue weighted by Crippen LogP contribution is -2.57. The average molecular weight is 597 g/mol. The number of hydrogen-bond donors (Lipinski definition) is 1. The molecule has 44 heavy (non-hydrogen) atoms. The van der Waals surface area contributed by atoms with Crippen molar-refractivity contribution in [3.63, 3.8) is 0 Å². The van der Waals surface area contributed by atoms with Gasteiger partial charge in [0.15, 0.2) is 6.04 Å². The molecule has 0 aliphatic carbocycles. The number of carbonyl (C=O) groups excluding carboxylic acids is 2. The Hall–Kier alpha value is -3.88. The van der Waals surface area contributed by atoms with Gasteiger partial charge in [-0.1, -0.05) is 66.7 Å². The van der Waals surface area contributed by atoms with Crippen molar-refractivity contribution in [2.24, 2.45) is 0 Å². The van der Waals surface area contributed by atoms with Gasteiger partial charge in [-0.2, -0.15) is 0 Å². The first-order valence-corrected chi connectivity index (χ1v) is 15.8. The number of benzene rings is 3. The lowest BCUT2D eigenvalue weighted by atomic mass is 9.85. The molecule has 8 nitrogen and oxygen atoms in total. The lowest BCUT2D eigenvalue weighted by molar-refractivity contribution is -0.164. The molecule has 0 aromatic heterocycles. The fourth-order valence-electron chi connectivity index (χ4n) is 7.10. The molecule has 0 unspecified atom stereocenters. The fourth-order valence-corrected chi connectivity index (χ4v) is 7.10. The van der Waals surface area contributed by atoms with E-state index in [1.165, 1.54) is 5.56 Å². The van der Waals surface area contributed by atoms with Crippen LogP contribution in [0.4, 0.5) is 11.4 Å². The van der Waals surface area contributed by atoms with Crippen LogP contribution < -0.4 is 9.80 Å².